The molecule has 24 heavy (non-hydrogen) atoms. The van der Waals surface area contributed by atoms with Gasteiger partial charge in [0, 0.05) is 23.5 Å². The normalized spacial score (nSPS) is 19.6. The molecular formula is C18H19N3O2S. The minimum atomic E-state index is -0.322. The van der Waals surface area contributed by atoms with Crippen LogP contribution in [0.3, 0.4) is 0 Å². The van der Waals surface area contributed by atoms with Crippen LogP contribution in [0, 0.1) is 12.8 Å². The number of rotatable bonds is 3. The number of nitrogens with one attached hydrogen (secondary N) is 1. The molecule has 2 amide bonds. The minimum Gasteiger partial charge on any atom is -0.312 e. The van der Waals surface area contributed by atoms with Gasteiger partial charge in [0.15, 0.2) is 5.13 Å². The van der Waals surface area contributed by atoms with Gasteiger partial charge in [-0.05, 0) is 38.3 Å². The smallest absolute Gasteiger partial charge is 0.231 e. The van der Waals surface area contributed by atoms with E-state index >= 15 is 0 Å². The fourth-order valence-electron chi connectivity index (χ4n) is 3.31. The van der Waals surface area contributed by atoms with Crippen LogP contribution in [-0.4, -0.2) is 23.3 Å². The number of aryl methyl sites for hydroxylation is 3. The van der Waals surface area contributed by atoms with Crippen LogP contribution < -0.4 is 10.2 Å². The van der Waals surface area contributed by atoms with Gasteiger partial charge >= 0.3 is 0 Å². The van der Waals surface area contributed by atoms with E-state index in [4.69, 9.17) is 0 Å². The Kier molecular flexibility index (Phi) is 3.84. The van der Waals surface area contributed by atoms with E-state index in [0.29, 0.717) is 11.7 Å². The highest BCUT2D eigenvalue weighted by molar-refractivity contribution is 7.15. The van der Waals surface area contributed by atoms with E-state index in [-0.39, 0.29) is 24.2 Å². The summed E-state index contributed by atoms with van der Waals surface area (Å²) in [4.78, 5) is 32.3. The summed E-state index contributed by atoms with van der Waals surface area (Å²) >= 11 is 1.57. The predicted molar refractivity (Wildman–Crippen MR) is 94.4 cm³/mol. The van der Waals surface area contributed by atoms with E-state index in [1.54, 1.807) is 16.2 Å². The van der Waals surface area contributed by atoms with Crippen molar-refractivity contribution in [1.82, 2.24) is 4.98 Å². The van der Waals surface area contributed by atoms with E-state index in [0.717, 1.165) is 36.2 Å². The molecule has 6 heteroatoms. The first-order chi connectivity index (χ1) is 11.6. The lowest BCUT2D eigenvalue weighted by Crippen LogP contribution is -2.28. The molecule has 2 heterocycles. The molecule has 2 aliphatic rings. The maximum absolute atomic E-state index is 12.5. The number of thiazole rings is 1. The second-order valence-corrected chi connectivity index (χ2v) is 7.56. The van der Waals surface area contributed by atoms with Gasteiger partial charge in [0.1, 0.15) is 0 Å². The number of fused-ring (bicyclic) bond motifs is 1. The van der Waals surface area contributed by atoms with Crippen LogP contribution in [0.1, 0.15) is 29.0 Å². The third kappa shape index (κ3) is 2.82. The molecule has 0 spiro atoms. The molecule has 4 rings (SSSR count). The van der Waals surface area contributed by atoms with Gasteiger partial charge in [0.2, 0.25) is 11.8 Å². The Bertz CT molecular complexity index is 776. The number of hydrogen-bond acceptors (Lipinski definition) is 4. The molecule has 1 atom stereocenters. The Morgan fingerprint density at radius 2 is 2.08 bits per heavy atom. The molecule has 124 valence electrons. The molecule has 1 N–H and O–H groups in total. The van der Waals surface area contributed by atoms with Gasteiger partial charge in [0.25, 0.3) is 0 Å². The molecule has 5 nitrogen and oxygen atoms in total. The number of carbonyl (C=O) groups excluding carboxylic acids is 2. The number of anilines is 2. The predicted octanol–water partition coefficient (Wildman–Crippen LogP) is 2.93. The molecule has 0 radical (unpaired) electrons. The van der Waals surface area contributed by atoms with Crippen molar-refractivity contribution < 1.29 is 9.59 Å². The van der Waals surface area contributed by atoms with Gasteiger partial charge in [-0.1, -0.05) is 17.7 Å². The zero-order chi connectivity index (χ0) is 16.7. The standard InChI is InChI=1S/C18H19N3O2S/c1-11-5-7-13(8-6-11)21-10-12(9-16(21)22)17(23)20-18-19-14-3-2-4-15(14)24-18/h5-8,12H,2-4,9-10H2,1H3,(H,19,20,23)/t12-/m0/s1. The summed E-state index contributed by atoms with van der Waals surface area (Å²) in [5.41, 5.74) is 3.13. The van der Waals surface area contributed by atoms with Crippen LogP contribution in [0.25, 0.3) is 0 Å². The third-order valence-electron chi connectivity index (χ3n) is 4.67. The number of hydrogen-bond donors (Lipinski definition) is 1. The third-order valence-corrected chi connectivity index (χ3v) is 5.74. The van der Waals surface area contributed by atoms with Crippen molar-refractivity contribution in [2.45, 2.75) is 32.6 Å². The van der Waals surface area contributed by atoms with Crippen LogP contribution in [0.15, 0.2) is 24.3 Å². The summed E-state index contributed by atoms with van der Waals surface area (Å²) in [5, 5.41) is 3.58. The number of benzene rings is 1. The highest BCUT2D eigenvalue weighted by atomic mass is 32.1. The fraction of sp³-hybridized carbons (Fsp3) is 0.389. The first-order valence-electron chi connectivity index (χ1n) is 8.26. The Balaban J connectivity index is 1.43. The van der Waals surface area contributed by atoms with E-state index in [9.17, 15) is 9.59 Å². The summed E-state index contributed by atoms with van der Waals surface area (Å²) in [5.74, 6) is -0.427. The van der Waals surface area contributed by atoms with Crippen molar-refractivity contribution in [1.29, 1.82) is 0 Å². The summed E-state index contributed by atoms with van der Waals surface area (Å²) < 4.78 is 0. The molecule has 0 bridgehead atoms. The number of nitrogens with zero attached hydrogens (tertiary/aromatic N) is 2. The lowest BCUT2D eigenvalue weighted by atomic mass is 10.1. The topological polar surface area (TPSA) is 62.3 Å². The van der Waals surface area contributed by atoms with Crippen LogP contribution in [0.2, 0.25) is 0 Å². The molecule has 1 saturated heterocycles. The maximum atomic E-state index is 12.5. The zero-order valence-corrected chi connectivity index (χ0v) is 14.4. The monoisotopic (exact) mass is 341 g/mol. The van der Waals surface area contributed by atoms with Crippen molar-refractivity contribution in [2.24, 2.45) is 5.92 Å². The minimum absolute atomic E-state index is 0.000589. The van der Waals surface area contributed by atoms with Crippen LogP contribution >= 0.6 is 11.3 Å². The lowest BCUT2D eigenvalue weighted by molar-refractivity contribution is -0.122. The maximum Gasteiger partial charge on any atom is 0.231 e. The van der Waals surface area contributed by atoms with Crippen LogP contribution in [0.5, 0.6) is 0 Å². The highest BCUT2D eigenvalue weighted by Crippen LogP contribution is 2.31. The number of carbonyl (C=O) groups is 2. The first-order valence-corrected chi connectivity index (χ1v) is 9.08. The van der Waals surface area contributed by atoms with Crippen LogP contribution in [-0.2, 0) is 22.4 Å². The summed E-state index contributed by atoms with van der Waals surface area (Å²) in [6.45, 7) is 2.44. The zero-order valence-electron chi connectivity index (χ0n) is 13.5. The van der Waals surface area contributed by atoms with E-state index < -0.39 is 0 Å². The van der Waals surface area contributed by atoms with Gasteiger partial charge in [-0.25, -0.2) is 4.98 Å². The van der Waals surface area contributed by atoms with Gasteiger partial charge in [-0.2, -0.15) is 0 Å². The lowest BCUT2D eigenvalue weighted by Gasteiger charge is -2.16. The molecule has 0 unspecified atom stereocenters. The quantitative estimate of drug-likeness (QED) is 0.934. The van der Waals surface area contributed by atoms with Crippen molar-refractivity contribution in [3.8, 4) is 0 Å². The molecule has 2 aromatic rings. The van der Waals surface area contributed by atoms with Crippen molar-refractivity contribution in [3.63, 3.8) is 0 Å². The molecule has 0 saturated carbocycles. The molecular weight excluding hydrogens is 322 g/mol. The summed E-state index contributed by atoms with van der Waals surface area (Å²) in [7, 11) is 0. The second kappa shape index (κ2) is 6.02. The van der Waals surface area contributed by atoms with E-state index in [1.165, 1.54) is 4.88 Å². The Morgan fingerprint density at radius 1 is 1.29 bits per heavy atom. The molecule has 1 aromatic carbocycles. The average molecular weight is 341 g/mol. The number of aromatic nitrogens is 1. The Morgan fingerprint density at radius 3 is 2.83 bits per heavy atom. The highest BCUT2D eigenvalue weighted by Gasteiger charge is 2.35. The largest absolute Gasteiger partial charge is 0.312 e. The van der Waals surface area contributed by atoms with Crippen molar-refractivity contribution in [3.05, 3.63) is 40.4 Å². The average Bonchev–Trinajstić information content (AvgIpc) is 3.22. The van der Waals surface area contributed by atoms with Gasteiger partial charge in [-0.3, -0.25) is 9.59 Å². The Labute approximate surface area is 144 Å². The molecule has 1 fully saturated rings. The fourth-order valence-corrected chi connectivity index (χ4v) is 4.36. The molecule has 1 aromatic heterocycles. The summed E-state index contributed by atoms with van der Waals surface area (Å²) in [6.07, 6.45) is 3.48. The van der Waals surface area contributed by atoms with Crippen molar-refractivity contribution >= 4 is 34.0 Å². The van der Waals surface area contributed by atoms with E-state index in [1.807, 2.05) is 31.2 Å². The van der Waals surface area contributed by atoms with Crippen LogP contribution in [0.4, 0.5) is 10.8 Å². The Hall–Kier alpha value is -2.21. The van der Waals surface area contributed by atoms with Gasteiger partial charge in [0.05, 0.1) is 11.6 Å². The SMILES string of the molecule is Cc1ccc(N2C[C@@H](C(=O)Nc3nc4c(s3)CCC4)CC2=O)cc1. The first kappa shape index (κ1) is 15.3. The van der Waals surface area contributed by atoms with Gasteiger partial charge in [-0.15, -0.1) is 11.3 Å². The summed E-state index contributed by atoms with van der Waals surface area (Å²) in [6, 6.07) is 7.82. The molecule has 1 aliphatic carbocycles. The van der Waals surface area contributed by atoms with E-state index in [2.05, 4.69) is 10.3 Å². The second-order valence-electron chi connectivity index (χ2n) is 6.47. The number of amides is 2. The molecule has 1 aliphatic heterocycles. The van der Waals surface area contributed by atoms with Gasteiger partial charge < -0.3 is 10.2 Å². The van der Waals surface area contributed by atoms with Crippen molar-refractivity contribution in [2.75, 3.05) is 16.8 Å².